The Kier molecular flexibility index (Phi) is 10.3. The van der Waals surface area contributed by atoms with Crippen molar-refractivity contribution in [1.82, 2.24) is 25.2 Å². The number of nitrogens with one attached hydrogen (secondary N) is 3. The summed E-state index contributed by atoms with van der Waals surface area (Å²) < 4.78 is 45.1. The molecule has 16 heteroatoms. The van der Waals surface area contributed by atoms with Crippen LogP contribution in [0.5, 0.6) is 11.6 Å². The fourth-order valence-corrected chi connectivity index (χ4v) is 8.03. The molecule has 2 aromatic rings. The molecule has 0 bridgehead atoms. The number of aromatic nitrogens is 1. The molecule has 0 spiro atoms. The highest BCUT2D eigenvalue weighted by molar-refractivity contribution is 7.91. The summed E-state index contributed by atoms with van der Waals surface area (Å²) in [5, 5.41) is 6.46. The van der Waals surface area contributed by atoms with Gasteiger partial charge in [-0.15, -0.1) is 6.58 Å². The number of alkyl carbamates (subject to hydrolysis) is 1. The molecule has 2 saturated carbocycles. The molecule has 52 heavy (non-hydrogen) atoms. The lowest BCUT2D eigenvalue weighted by Crippen LogP contribution is -2.60. The van der Waals surface area contributed by atoms with Crippen molar-refractivity contribution in [2.75, 3.05) is 13.7 Å². The SMILES string of the molecule is C=C[C@@H]1C[C@]1(NC(=O)[C@@H]1C[C@@](C)(Oc2ncc(OC)c3ccc(Cl)cc23)CN1C(=O)[C@@H](NC(=O)OC(C)(C)C)C(C)(C)C)C(=O)NS(=O)(=O)C1CC1. The van der Waals surface area contributed by atoms with E-state index in [1.165, 1.54) is 24.3 Å². The Bertz CT molecular complexity index is 1910. The molecule has 3 aliphatic rings. The van der Waals surface area contributed by atoms with E-state index in [4.69, 9.17) is 25.8 Å². The van der Waals surface area contributed by atoms with E-state index in [1.54, 1.807) is 66.7 Å². The Morgan fingerprint density at radius 1 is 1.10 bits per heavy atom. The number of rotatable bonds is 11. The molecule has 1 aromatic heterocycles. The van der Waals surface area contributed by atoms with Crippen LogP contribution in [0.15, 0.2) is 37.1 Å². The van der Waals surface area contributed by atoms with Crippen LogP contribution < -0.4 is 24.8 Å². The monoisotopic (exact) mass is 761 g/mol. The summed E-state index contributed by atoms with van der Waals surface area (Å²) in [6.07, 6.45) is 3.13. The second-order valence-electron chi connectivity index (χ2n) is 16.2. The van der Waals surface area contributed by atoms with Crippen LogP contribution in [0.3, 0.4) is 0 Å². The Labute approximate surface area is 309 Å². The van der Waals surface area contributed by atoms with Gasteiger partial charge < -0.3 is 29.7 Å². The van der Waals surface area contributed by atoms with Crippen LogP contribution in [0.2, 0.25) is 5.02 Å². The van der Waals surface area contributed by atoms with Gasteiger partial charge in [-0.2, -0.15) is 0 Å². The molecule has 2 heterocycles. The van der Waals surface area contributed by atoms with E-state index in [1.807, 2.05) is 0 Å². The molecule has 1 aromatic carbocycles. The highest BCUT2D eigenvalue weighted by atomic mass is 35.5. The van der Waals surface area contributed by atoms with Crippen LogP contribution in [-0.2, 0) is 29.1 Å². The molecule has 1 saturated heterocycles. The van der Waals surface area contributed by atoms with Gasteiger partial charge in [0.25, 0.3) is 5.91 Å². The van der Waals surface area contributed by atoms with Crippen LogP contribution in [0, 0.1) is 11.3 Å². The molecule has 5 atom stereocenters. The summed E-state index contributed by atoms with van der Waals surface area (Å²) in [6, 6.07) is 2.78. The number of carbonyl (C=O) groups is 4. The van der Waals surface area contributed by atoms with Crippen molar-refractivity contribution >= 4 is 56.2 Å². The first-order valence-corrected chi connectivity index (χ1v) is 19.1. The minimum atomic E-state index is -3.92. The van der Waals surface area contributed by atoms with Crippen molar-refractivity contribution in [3.63, 3.8) is 0 Å². The number of amides is 4. The number of sulfonamides is 1. The lowest BCUT2D eigenvalue weighted by molar-refractivity contribution is -0.143. The highest BCUT2D eigenvalue weighted by Crippen LogP contribution is 2.46. The maximum Gasteiger partial charge on any atom is 0.408 e. The maximum absolute atomic E-state index is 14.6. The molecule has 284 valence electrons. The summed E-state index contributed by atoms with van der Waals surface area (Å²) in [5.41, 5.74) is -4.50. The van der Waals surface area contributed by atoms with Crippen molar-refractivity contribution < 1.29 is 41.8 Å². The van der Waals surface area contributed by atoms with E-state index in [0.29, 0.717) is 34.4 Å². The normalized spacial score (nSPS) is 25.1. The third kappa shape index (κ3) is 8.25. The number of hydrogen-bond donors (Lipinski definition) is 3. The number of pyridine rings is 1. The first-order chi connectivity index (χ1) is 24.0. The average molecular weight is 762 g/mol. The molecule has 4 amide bonds. The standard InChI is InChI=1S/C36H48ClN5O9S/c1-10-20-16-36(20,31(45)41-52(47,48)22-12-13-22)40-28(43)25-17-35(8,50-29-24-15-21(37)11-14-23(24)26(49-9)18-38-29)19-42(25)30(44)27(33(2,3)4)39-32(46)51-34(5,6)7/h10-11,14-15,18,20,22,25,27H,1,12-13,16-17,19H2,2-9H3,(H,39,46)(H,40,43)(H,41,45)/t20-,25+,27-,35-,36-/m1/s1. The van der Waals surface area contributed by atoms with Gasteiger partial charge in [-0.05, 0) is 70.6 Å². The molecular formula is C36H48ClN5O9S. The molecule has 1 aliphatic heterocycles. The third-order valence-corrected chi connectivity index (χ3v) is 11.5. The van der Waals surface area contributed by atoms with Crippen molar-refractivity contribution in [2.24, 2.45) is 11.3 Å². The Balaban J connectivity index is 1.50. The van der Waals surface area contributed by atoms with Gasteiger partial charge in [0.15, 0.2) is 0 Å². The second-order valence-corrected chi connectivity index (χ2v) is 18.6. The first-order valence-electron chi connectivity index (χ1n) is 17.1. The average Bonchev–Trinajstić information content (AvgIpc) is 3.95. The van der Waals surface area contributed by atoms with Gasteiger partial charge in [-0.25, -0.2) is 18.2 Å². The first kappa shape index (κ1) is 39.1. The van der Waals surface area contributed by atoms with Crippen molar-refractivity contribution in [2.45, 2.75) is 108 Å². The van der Waals surface area contributed by atoms with Gasteiger partial charge in [-0.1, -0.05) is 38.4 Å². The number of nitrogens with zero attached hydrogens (tertiary/aromatic N) is 2. The molecule has 3 fully saturated rings. The van der Waals surface area contributed by atoms with Gasteiger partial charge >= 0.3 is 6.09 Å². The van der Waals surface area contributed by atoms with Gasteiger partial charge in [0.2, 0.25) is 27.7 Å². The van der Waals surface area contributed by atoms with E-state index < -0.39 is 79.2 Å². The minimum absolute atomic E-state index is 0.0551. The van der Waals surface area contributed by atoms with E-state index in [9.17, 15) is 27.6 Å². The predicted octanol–water partition coefficient (Wildman–Crippen LogP) is 4.24. The zero-order valence-corrected chi connectivity index (χ0v) is 32.4. The zero-order chi connectivity index (χ0) is 38.6. The van der Waals surface area contributed by atoms with E-state index in [0.717, 1.165) is 0 Å². The molecule has 3 N–H and O–H groups in total. The fourth-order valence-electron chi connectivity index (χ4n) is 6.50. The summed E-state index contributed by atoms with van der Waals surface area (Å²) in [4.78, 5) is 61.3. The predicted molar refractivity (Wildman–Crippen MR) is 194 cm³/mol. The molecule has 0 unspecified atom stereocenters. The summed E-state index contributed by atoms with van der Waals surface area (Å²) in [5.74, 6) is -2.04. The zero-order valence-electron chi connectivity index (χ0n) is 30.8. The number of benzene rings is 1. The van der Waals surface area contributed by atoms with E-state index in [2.05, 4.69) is 26.9 Å². The highest BCUT2D eigenvalue weighted by Gasteiger charge is 2.62. The van der Waals surface area contributed by atoms with Crippen molar-refractivity contribution in [3.8, 4) is 11.6 Å². The van der Waals surface area contributed by atoms with E-state index in [-0.39, 0.29) is 25.3 Å². The number of fused-ring (bicyclic) bond motifs is 1. The minimum Gasteiger partial charge on any atom is -0.494 e. The summed E-state index contributed by atoms with van der Waals surface area (Å²) in [7, 11) is -2.41. The van der Waals surface area contributed by atoms with Gasteiger partial charge in [-0.3, -0.25) is 19.1 Å². The number of halogens is 1. The van der Waals surface area contributed by atoms with Crippen molar-refractivity contribution in [1.29, 1.82) is 0 Å². The van der Waals surface area contributed by atoms with Gasteiger partial charge in [0.1, 0.15) is 34.6 Å². The number of carbonyl (C=O) groups excluding carboxylic acids is 4. The number of methoxy groups -OCH3 is 1. The van der Waals surface area contributed by atoms with Crippen molar-refractivity contribution in [3.05, 3.63) is 42.1 Å². The molecule has 0 radical (unpaired) electrons. The molecule has 2 aliphatic carbocycles. The summed E-state index contributed by atoms with van der Waals surface area (Å²) in [6.45, 7) is 15.8. The fraction of sp³-hybridized carbons (Fsp3) is 0.583. The number of likely N-dealkylation sites (tertiary alicyclic amines) is 1. The van der Waals surface area contributed by atoms with E-state index >= 15 is 0 Å². The Morgan fingerprint density at radius 3 is 2.33 bits per heavy atom. The topological polar surface area (TPSA) is 182 Å². The van der Waals surface area contributed by atoms with Crippen LogP contribution in [0.4, 0.5) is 4.79 Å². The largest absolute Gasteiger partial charge is 0.494 e. The summed E-state index contributed by atoms with van der Waals surface area (Å²) >= 11 is 6.35. The van der Waals surface area contributed by atoms with Crippen LogP contribution in [-0.4, -0.2) is 89.8 Å². The number of ether oxygens (including phenoxy) is 3. The molecule has 14 nitrogen and oxygen atoms in total. The quantitative estimate of drug-likeness (QED) is 0.280. The Hall–Kier alpha value is -4.11. The van der Waals surface area contributed by atoms with Crippen LogP contribution in [0.1, 0.15) is 74.1 Å². The van der Waals surface area contributed by atoms with Gasteiger partial charge in [0, 0.05) is 28.1 Å². The van der Waals surface area contributed by atoms with Crippen LogP contribution >= 0.6 is 11.6 Å². The number of hydrogen-bond acceptors (Lipinski definition) is 10. The smallest absolute Gasteiger partial charge is 0.408 e. The lowest BCUT2D eigenvalue weighted by atomic mass is 9.85. The Morgan fingerprint density at radius 2 is 1.77 bits per heavy atom. The lowest BCUT2D eigenvalue weighted by Gasteiger charge is -2.36. The maximum atomic E-state index is 14.6. The second kappa shape index (κ2) is 13.7. The molecular weight excluding hydrogens is 714 g/mol. The van der Waals surface area contributed by atoms with Crippen LogP contribution in [0.25, 0.3) is 10.8 Å². The molecule has 5 rings (SSSR count). The third-order valence-electron chi connectivity index (χ3n) is 9.45. The van der Waals surface area contributed by atoms with Gasteiger partial charge in [0.05, 0.1) is 25.1 Å².